The third-order valence-electron chi connectivity index (χ3n) is 0. The first-order valence-electron chi connectivity index (χ1n) is 0. The van der Waals surface area contributed by atoms with Crippen LogP contribution in [0.4, 0.5) is 0 Å². The van der Waals surface area contributed by atoms with Gasteiger partial charge in [0, 0.05) is 8.41 Å². The Morgan fingerprint density at radius 3 is 1.00 bits per heavy atom. The van der Waals surface area contributed by atoms with E-state index in [-0.39, 0.29) is 96.5 Å². The van der Waals surface area contributed by atoms with Crippen LogP contribution in [0.2, 0.25) is 0 Å². The van der Waals surface area contributed by atoms with Gasteiger partial charge in [-0.3, -0.25) is 0 Å². The Bertz CT molecular complexity index is 11.6. The van der Waals surface area contributed by atoms with Gasteiger partial charge < -0.3 is 0 Å². The first kappa shape index (κ1) is 45.0. The van der Waals surface area contributed by atoms with E-state index in [1.54, 1.807) is 0 Å². The fourth-order valence-corrected chi connectivity index (χ4v) is 0. The second kappa shape index (κ2) is 28.7. The van der Waals surface area contributed by atoms with Crippen molar-refractivity contribution in [3.63, 3.8) is 0 Å². The quantitative estimate of drug-likeness (QED) is 0.248. The van der Waals surface area contributed by atoms with Crippen LogP contribution >= 0.6 is 0 Å². The summed E-state index contributed by atoms with van der Waals surface area (Å²) in [5.74, 6) is 0. The van der Waals surface area contributed by atoms with Gasteiger partial charge in [-0.05, 0) is 11.0 Å². The molecule has 0 aliphatic carbocycles. The van der Waals surface area contributed by atoms with Gasteiger partial charge in [0.05, 0.1) is 0 Å². The molecule has 0 aliphatic heterocycles. The summed E-state index contributed by atoms with van der Waals surface area (Å²) in [7, 11) is 0. The van der Waals surface area contributed by atoms with Crippen LogP contribution in [-0.2, 0) is 0 Å². The average molecular weight is 594 g/mol. The van der Waals surface area contributed by atoms with E-state index in [2.05, 4.69) is 0 Å². The molecule has 0 fully saturated rings. The van der Waals surface area contributed by atoms with Crippen LogP contribution in [0.15, 0.2) is 0 Å². The van der Waals surface area contributed by atoms with Crippen LogP contribution in [0.25, 0.3) is 0 Å². The summed E-state index contributed by atoms with van der Waals surface area (Å²) in [6.45, 7) is 0. The fourth-order valence-electron chi connectivity index (χ4n) is 0. The van der Waals surface area contributed by atoms with Crippen molar-refractivity contribution in [3.05, 3.63) is 0 Å². The zero-order chi connectivity index (χ0) is 0. The molecule has 0 aliphatic rings. The molecule has 5 heavy (non-hydrogen) atoms. The van der Waals surface area contributed by atoms with Gasteiger partial charge in [-0.1, -0.05) is 0 Å². The zero-order valence-corrected chi connectivity index (χ0v) is 16.3. The maximum absolute atomic E-state index is 0. The second-order valence-electron chi connectivity index (χ2n) is 0. The van der Waals surface area contributed by atoms with Crippen LogP contribution < -0.4 is 0 Å². The summed E-state index contributed by atoms with van der Waals surface area (Å²) >= 11 is 0. The SMILES string of the molecule is [B].[BiH3].[PbH2].[SiH4].[TeH2]. The third-order valence-corrected chi connectivity index (χ3v) is 0. The van der Waals surface area contributed by atoms with Crippen LogP contribution in [0.1, 0.15) is 0 Å². The van der Waals surface area contributed by atoms with E-state index in [4.69, 9.17) is 0 Å². The minimum atomic E-state index is 0. The Morgan fingerprint density at radius 2 is 1.00 bits per heavy atom. The van der Waals surface area contributed by atoms with Gasteiger partial charge in [-0.15, -0.1) is 0 Å². The van der Waals surface area contributed by atoms with E-state index in [9.17, 15) is 0 Å². The molecule has 0 saturated carbocycles. The Morgan fingerprint density at radius 1 is 1.00 bits per heavy atom. The van der Waals surface area contributed by atoms with E-state index < -0.39 is 0 Å². The predicted octanol–water partition coefficient (Wildman–Crippen LogP) is -4.85. The Balaban J connectivity index is 0. The van der Waals surface area contributed by atoms with Gasteiger partial charge in [0.25, 0.3) is 0 Å². The fraction of sp³-hybridized carbons (Fsp3) is 0. The number of hydrogen-bond donors (Lipinski definition) is 0. The minimum absolute atomic E-state index is 0. The summed E-state index contributed by atoms with van der Waals surface area (Å²) in [5.41, 5.74) is 0. The van der Waals surface area contributed by atoms with E-state index in [1.165, 1.54) is 0 Å². The van der Waals surface area contributed by atoms with Gasteiger partial charge in [-0.25, -0.2) is 0 Å². The molecule has 0 rings (SSSR count). The van der Waals surface area contributed by atoms with Crippen molar-refractivity contribution in [3.8, 4) is 0 Å². The summed E-state index contributed by atoms with van der Waals surface area (Å²) in [6.07, 6.45) is 0. The van der Waals surface area contributed by atoms with Crippen LogP contribution in [0.3, 0.4) is 0 Å². The van der Waals surface area contributed by atoms with Crippen molar-refractivity contribution >= 4 is 96.5 Å². The van der Waals surface area contributed by atoms with Crippen LogP contribution in [-0.4, -0.2) is 96.5 Å². The van der Waals surface area contributed by atoms with E-state index >= 15 is 0 Å². The number of rotatable bonds is 0. The van der Waals surface area contributed by atoms with Crippen molar-refractivity contribution < 1.29 is 0 Å². The molecule has 0 amide bonds. The van der Waals surface area contributed by atoms with Crippen molar-refractivity contribution in [2.45, 2.75) is 0 Å². The first-order valence-corrected chi connectivity index (χ1v) is 0. The van der Waals surface area contributed by atoms with Gasteiger partial charge in [-0.2, -0.15) is 0 Å². The molecule has 0 atom stereocenters. The molecule has 0 nitrogen and oxygen atoms in total. The molecule has 0 spiro atoms. The van der Waals surface area contributed by atoms with Gasteiger partial charge >= 0.3 is 77.2 Å². The molecule has 5 radical (unpaired) electrons. The molecule has 0 aromatic heterocycles. The van der Waals surface area contributed by atoms with E-state index in [0.717, 1.165) is 0 Å². The Kier molecular flexibility index (Phi) is 258. The normalized spacial score (nSPS) is 0. The Labute approximate surface area is 94.8 Å². The molecule has 0 saturated heterocycles. The van der Waals surface area contributed by atoms with Gasteiger partial charge in [0.1, 0.15) is 0 Å². The van der Waals surface area contributed by atoms with Crippen molar-refractivity contribution in [2.24, 2.45) is 0 Å². The van der Waals surface area contributed by atoms with Gasteiger partial charge in [0.2, 0.25) is 0 Å². The van der Waals surface area contributed by atoms with E-state index in [0.29, 0.717) is 0 Å². The monoisotopic (exact) mass is 597 g/mol. The topological polar surface area (TPSA) is 0 Å². The van der Waals surface area contributed by atoms with E-state index in [1.807, 2.05) is 0 Å². The maximum atomic E-state index is 0. The predicted molar refractivity (Wildman–Crippen MR) is 44.1 cm³/mol. The van der Waals surface area contributed by atoms with Crippen molar-refractivity contribution in [1.82, 2.24) is 0 Å². The number of hydrogen-bond acceptors (Lipinski definition) is 0. The van der Waals surface area contributed by atoms with Crippen molar-refractivity contribution in [2.75, 3.05) is 0 Å². The standard InChI is InChI=1S/B.Bi.Pb.H4Si.H2Te.5H/h;;;1H4;1H2;;;;;. The zero-order valence-electron chi connectivity index (χ0n) is 2.49. The molecule has 5 heteroatoms. The molecule has 0 aromatic rings. The third kappa shape index (κ3) is 19.8. The van der Waals surface area contributed by atoms with Crippen LogP contribution in [0, 0.1) is 0 Å². The molecule has 0 N–H and O–H groups in total. The van der Waals surface area contributed by atoms with Gasteiger partial charge in [0.15, 0.2) is 0 Å². The molecule has 0 unspecified atom stereocenters. The van der Waals surface area contributed by atoms with Crippen LogP contribution in [0.5, 0.6) is 0 Å². The summed E-state index contributed by atoms with van der Waals surface area (Å²) < 4.78 is 0. The van der Waals surface area contributed by atoms with Crippen molar-refractivity contribution in [1.29, 1.82) is 0 Å². The summed E-state index contributed by atoms with van der Waals surface area (Å²) in [4.78, 5) is 0. The average Bonchev–Trinajstić information content (AvgIpc) is 0. The second-order valence-corrected chi connectivity index (χ2v) is 0. The molecule has 0 aromatic carbocycles. The Hall–Kier alpha value is 2.88. The molecule has 0 heterocycles. The summed E-state index contributed by atoms with van der Waals surface area (Å²) in [5, 5.41) is 0. The molecular formula is H11BBiPbSiTe. The molecular weight excluding hydrogens is 583 g/mol. The summed E-state index contributed by atoms with van der Waals surface area (Å²) in [6, 6.07) is 0. The first-order chi connectivity index (χ1) is 0. The molecule has 33 valence electrons. The molecule has 0 bridgehead atoms.